The van der Waals surface area contributed by atoms with Gasteiger partial charge >= 0.3 is 0 Å². The summed E-state index contributed by atoms with van der Waals surface area (Å²) in [5, 5.41) is 3.16. The molecule has 0 spiro atoms. The number of anilines is 1. The van der Waals surface area contributed by atoms with Gasteiger partial charge in [0, 0.05) is 6.07 Å². The van der Waals surface area contributed by atoms with E-state index in [9.17, 15) is 8.42 Å². The van der Waals surface area contributed by atoms with Crippen molar-refractivity contribution in [3.8, 4) is 0 Å². The average Bonchev–Trinajstić information content (AvgIpc) is 2.11. The Balaban J connectivity index is 2.75. The molecule has 1 rings (SSSR count). The SMILES string of the molecule is CC(C)(COS(C)(=O)=O)Nc1cc(Cl)nc(Cl)n1. The van der Waals surface area contributed by atoms with Crippen molar-refractivity contribution >= 4 is 39.1 Å². The smallest absolute Gasteiger partial charge is 0.264 e. The van der Waals surface area contributed by atoms with Gasteiger partial charge in [-0.3, -0.25) is 4.18 Å². The van der Waals surface area contributed by atoms with Gasteiger partial charge in [-0.05, 0) is 25.4 Å². The van der Waals surface area contributed by atoms with E-state index in [0.717, 1.165) is 6.26 Å². The maximum atomic E-state index is 10.9. The monoisotopic (exact) mass is 313 g/mol. The number of rotatable bonds is 5. The summed E-state index contributed by atoms with van der Waals surface area (Å²) in [6, 6.07) is 1.48. The Morgan fingerprint density at radius 3 is 2.50 bits per heavy atom. The minimum Gasteiger partial charge on any atom is -0.363 e. The van der Waals surface area contributed by atoms with Crippen LogP contribution in [-0.2, 0) is 14.3 Å². The Hall–Kier alpha value is -0.630. The summed E-state index contributed by atoms with van der Waals surface area (Å²) in [7, 11) is -3.49. The van der Waals surface area contributed by atoms with Crippen molar-refractivity contribution in [3.63, 3.8) is 0 Å². The van der Waals surface area contributed by atoms with Crippen molar-refractivity contribution in [1.29, 1.82) is 0 Å². The standard InChI is InChI=1S/C9H13Cl2N3O3S/c1-9(2,5-17-18(3,15)16)14-7-4-6(10)12-8(11)13-7/h4H,5H2,1-3H3,(H,12,13,14). The molecule has 18 heavy (non-hydrogen) atoms. The van der Waals surface area contributed by atoms with Gasteiger partial charge in [-0.25, -0.2) is 9.97 Å². The molecule has 0 aliphatic carbocycles. The molecule has 1 heterocycles. The minimum atomic E-state index is -3.49. The van der Waals surface area contributed by atoms with E-state index in [4.69, 9.17) is 27.4 Å². The van der Waals surface area contributed by atoms with E-state index >= 15 is 0 Å². The summed E-state index contributed by atoms with van der Waals surface area (Å²) in [6.45, 7) is 3.45. The van der Waals surface area contributed by atoms with Crippen LogP contribution in [-0.4, -0.2) is 36.8 Å². The van der Waals surface area contributed by atoms with Crippen LogP contribution in [0.3, 0.4) is 0 Å². The zero-order valence-electron chi connectivity index (χ0n) is 10.1. The summed E-state index contributed by atoms with van der Waals surface area (Å²) >= 11 is 11.4. The molecule has 0 aliphatic rings. The number of hydrogen-bond acceptors (Lipinski definition) is 6. The molecule has 0 atom stereocenters. The molecule has 102 valence electrons. The molecule has 0 aliphatic heterocycles. The first-order valence-corrected chi connectivity index (χ1v) is 7.47. The van der Waals surface area contributed by atoms with Gasteiger partial charge in [0.25, 0.3) is 10.1 Å². The molecular weight excluding hydrogens is 301 g/mol. The van der Waals surface area contributed by atoms with Gasteiger partial charge in [0.2, 0.25) is 5.28 Å². The van der Waals surface area contributed by atoms with Crippen LogP contribution in [0.15, 0.2) is 6.07 Å². The van der Waals surface area contributed by atoms with Gasteiger partial charge in [0.15, 0.2) is 0 Å². The van der Waals surface area contributed by atoms with E-state index in [0.29, 0.717) is 5.82 Å². The number of halogens is 2. The molecule has 1 N–H and O–H groups in total. The van der Waals surface area contributed by atoms with Gasteiger partial charge in [-0.1, -0.05) is 11.6 Å². The fourth-order valence-electron chi connectivity index (χ4n) is 1.09. The van der Waals surface area contributed by atoms with E-state index in [-0.39, 0.29) is 17.0 Å². The van der Waals surface area contributed by atoms with Crippen molar-refractivity contribution in [1.82, 2.24) is 9.97 Å². The first-order chi connectivity index (χ1) is 8.07. The molecule has 0 saturated heterocycles. The van der Waals surface area contributed by atoms with E-state index in [1.807, 2.05) is 0 Å². The second-order valence-corrected chi connectivity index (χ2v) is 6.69. The molecule has 1 aromatic heterocycles. The Morgan fingerprint density at radius 2 is 2.00 bits per heavy atom. The fourth-order valence-corrected chi connectivity index (χ4v) is 2.01. The Bertz CT molecular complexity index is 514. The van der Waals surface area contributed by atoms with Crippen LogP contribution in [0.5, 0.6) is 0 Å². The third-order valence-corrected chi connectivity index (χ3v) is 2.68. The Kier molecular flexibility index (Phi) is 4.77. The maximum Gasteiger partial charge on any atom is 0.264 e. The molecule has 1 aromatic rings. The van der Waals surface area contributed by atoms with Gasteiger partial charge in [-0.15, -0.1) is 0 Å². The molecule has 0 unspecified atom stereocenters. The molecular formula is C9H13Cl2N3O3S. The van der Waals surface area contributed by atoms with E-state index < -0.39 is 15.7 Å². The molecule has 0 amide bonds. The third-order valence-electron chi connectivity index (χ3n) is 1.77. The lowest BCUT2D eigenvalue weighted by Crippen LogP contribution is -2.37. The summed E-state index contributed by atoms with van der Waals surface area (Å²) in [6.07, 6.45) is 0.988. The van der Waals surface area contributed by atoms with Gasteiger partial charge < -0.3 is 5.32 Å². The highest BCUT2D eigenvalue weighted by atomic mass is 35.5. The zero-order valence-corrected chi connectivity index (χ0v) is 12.4. The summed E-state index contributed by atoms with van der Waals surface area (Å²) in [5.74, 6) is 0.391. The van der Waals surface area contributed by atoms with Crippen molar-refractivity contribution in [2.45, 2.75) is 19.4 Å². The first kappa shape index (κ1) is 15.4. The van der Waals surface area contributed by atoms with Crippen LogP contribution in [0.4, 0.5) is 5.82 Å². The lowest BCUT2D eigenvalue weighted by atomic mass is 10.1. The fraction of sp³-hybridized carbons (Fsp3) is 0.556. The quantitative estimate of drug-likeness (QED) is 0.508. The topological polar surface area (TPSA) is 81.2 Å². The van der Waals surface area contributed by atoms with Crippen LogP contribution in [0.25, 0.3) is 0 Å². The highest BCUT2D eigenvalue weighted by molar-refractivity contribution is 7.85. The van der Waals surface area contributed by atoms with Crippen LogP contribution in [0.2, 0.25) is 10.4 Å². The van der Waals surface area contributed by atoms with Crippen LogP contribution in [0, 0.1) is 0 Å². The summed E-state index contributed by atoms with van der Waals surface area (Å²) in [5.41, 5.74) is -0.663. The molecule has 0 radical (unpaired) electrons. The van der Waals surface area contributed by atoms with Crippen LogP contribution < -0.4 is 5.32 Å². The predicted molar refractivity (Wildman–Crippen MR) is 70.5 cm³/mol. The van der Waals surface area contributed by atoms with Crippen molar-refractivity contribution in [2.75, 3.05) is 18.2 Å². The van der Waals surface area contributed by atoms with Crippen LogP contribution >= 0.6 is 23.2 Å². The van der Waals surface area contributed by atoms with Crippen molar-refractivity contribution in [2.24, 2.45) is 0 Å². The van der Waals surface area contributed by atoms with Crippen molar-refractivity contribution < 1.29 is 12.6 Å². The molecule has 6 nitrogen and oxygen atoms in total. The second kappa shape index (κ2) is 5.56. The lowest BCUT2D eigenvalue weighted by molar-refractivity contribution is 0.263. The van der Waals surface area contributed by atoms with Gasteiger partial charge in [-0.2, -0.15) is 8.42 Å². The predicted octanol–water partition coefficient (Wildman–Crippen LogP) is 1.95. The Labute approximate surface area is 116 Å². The summed E-state index contributed by atoms with van der Waals surface area (Å²) < 4.78 is 26.6. The molecule has 0 fully saturated rings. The average molecular weight is 314 g/mol. The maximum absolute atomic E-state index is 10.9. The largest absolute Gasteiger partial charge is 0.363 e. The number of aromatic nitrogens is 2. The summed E-state index contributed by atoms with van der Waals surface area (Å²) in [4.78, 5) is 7.62. The molecule has 0 bridgehead atoms. The molecule has 9 heteroatoms. The van der Waals surface area contributed by atoms with E-state index in [2.05, 4.69) is 15.3 Å². The zero-order chi connectivity index (χ0) is 14.0. The number of hydrogen-bond donors (Lipinski definition) is 1. The van der Waals surface area contributed by atoms with Crippen LogP contribution in [0.1, 0.15) is 13.8 Å². The number of nitrogens with one attached hydrogen (secondary N) is 1. The van der Waals surface area contributed by atoms with Gasteiger partial charge in [0.1, 0.15) is 11.0 Å². The van der Waals surface area contributed by atoms with Crippen molar-refractivity contribution in [3.05, 3.63) is 16.5 Å². The molecule has 0 aromatic carbocycles. The second-order valence-electron chi connectivity index (χ2n) is 4.32. The number of nitrogens with zero attached hydrogens (tertiary/aromatic N) is 2. The lowest BCUT2D eigenvalue weighted by Gasteiger charge is -2.25. The minimum absolute atomic E-state index is 0.00447. The van der Waals surface area contributed by atoms with Gasteiger partial charge in [0.05, 0.1) is 18.4 Å². The van der Waals surface area contributed by atoms with E-state index in [1.165, 1.54) is 6.07 Å². The highest BCUT2D eigenvalue weighted by Gasteiger charge is 2.21. The highest BCUT2D eigenvalue weighted by Crippen LogP contribution is 2.18. The first-order valence-electron chi connectivity index (χ1n) is 4.90. The Morgan fingerprint density at radius 1 is 1.39 bits per heavy atom. The molecule has 0 saturated carbocycles. The van der Waals surface area contributed by atoms with E-state index in [1.54, 1.807) is 13.8 Å². The normalized spacial score (nSPS) is 12.5. The third kappa shape index (κ3) is 5.81.